The van der Waals surface area contributed by atoms with Gasteiger partial charge in [0.1, 0.15) is 11.5 Å². The first-order chi connectivity index (χ1) is 7.17. The molecule has 0 fully saturated rings. The Morgan fingerprint density at radius 3 is 2.20 bits per heavy atom. The molecule has 0 aliphatic heterocycles. The van der Waals surface area contributed by atoms with Crippen LogP contribution in [-0.2, 0) is 4.43 Å². The van der Waals surface area contributed by atoms with E-state index in [0.717, 1.165) is 17.1 Å². The molecule has 0 spiro atoms. The quantitative estimate of drug-likeness (QED) is 0.573. The Morgan fingerprint density at radius 1 is 1.20 bits per heavy atom. The largest absolute Gasteiger partial charge is 0.542 e. The molecule has 1 rings (SSSR count). The van der Waals surface area contributed by atoms with Crippen molar-refractivity contribution in [3.8, 4) is 5.75 Å². The molecule has 0 unspecified atom stereocenters. The summed E-state index contributed by atoms with van der Waals surface area (Å²) in [7, 11) is 0.960. The maximum atomic E-state index is 5.78. The van der Waals surface area contributed by atoms with Gasteiger partial charge in [-0.2, -0.15) is 0 Å². The average molecular weight is 221 g/mol. The summed E-state index contributed by atoms with van der Waals surface area (Å²) < 4.78 is 10.9. The van der Waals surface area contributed by atoms with Gasteiger partial charge in [0.25, 0.3) is 9.04 Å². The van der Waals surface area contributed by atoms with E-state index in [2.05, 4.69) is 13.1 Å². The highest BCUT2D eigenvalue weighted by Gasteiger charge is 2.05. The molecule has 0 heterocycles. The van der Waals surface area contributed by atoms with Crippen LogP contribution < -0.4 is 4.74 Å². The molecule has 15 heavy (non-hydrogen) atoms. The molecule has 3 heteroatoms. The molecular weight excluding hydrogens is 204 g/mol. The fraction of sp³-hybridized carbons (Fsp3) is 0.333. The van der Waals surface area contributed by atoms with Crippen LogP contribution >= 0.6 is 0 Å². The summed E-state index contributed by atoms with van der Waals surface area (Å²) in [6.45, 7) is 6.24. The Labute approximate surface area is 93.3 Å². The number of benzene rings is 1. The summed E-state index contributed by atoms with van der Waals surface area (Å²) in [6.07, 6.45) is 2.00. The molecule has 1 aromatic carbocycles. The highest BCUT2D eigenvalue weighted by atomic mass is 28.3. The number of allylic oxidation sites excluding steroid dienone is 1. The van der Waals surface area contributed by atoms with E-state index in [1.54, 1.807) is 7.11 Å². The molecule has 1 aromatic rings. The van der Waals surface area contributed by atoms with E-state index in [1.165, 1.54) is 0 Å². The lowest BCUT2D eigenvalue weighted by atomic mass is 10.2. The lowest BCUT2D eigenvalue weighted by molar-refractivity contribution is 0.414. The van der Waals surface area contributed by atoms with Crippen LogP contribution in [0.15, 0.2) is 30.3 Å². The highest BCUT2D eigenvalue weighted by Crippen LogP contribution is 2.20. The van der Waals surface area contributed by atoms with Gasteiger partial charge in [0.2, 0.25) is 0 Å². The van der Waals surface area contributed by atoms with Crippen molar-refractivity contribution in [1.82, 2.24) is 0 Å². The van der Waals surface area contributed by atoms with Crippen molar-refractivity contribution in [3.05, 3.63) is 35.9 Å². The molecule has 2 nitrogen and oxygen atoms in total. The van der Waals surface area contributed by atoms with Crippen molar-refractivity contribution in [1.29, 1.82) is 0 Å². The van der Waals surface area contributed by atoms with Crippen LogP contribution in [0.2, 0.25) is 13.1 Å². The van der Waals surface area contributed by atoms with Gasteiger partial charge in [-0.1, -0.05) is 0 Å². The summed E-state index contributed by atoms with van der Waals surface area (Å²) >= 11 is 0. The Bertz CT molecular complexity index is 328. The molecule has 0 saturated heterocycles. The zero-order valence-electron chi connectivity index (χ0n) is 9.70. The van der Waals surface area contributed by atoms with Crippen molar-refractivity contribution in [3.63, 3.8) is 0 Å². The van der Waals surface area contributed by atoms with Crippen LogP contribution in [-0.4, -0.2) is 16.2 Å². The first-order valence-electron chi connectivity index (χ1n) is 4.96. The van der Waals surface area contributed by atoms with Crippen molar-refractivity contribution >= 4 is 14.8 Å². The molecule has 0 bridgehead atoms. The lowest BCUT2D eigenvalue weighted by Gasteiger charge is -2.13. The summed E-state index contributed by atoms with van der Waals surface area (Å²) in [4.78, 5) is 0. The molecule has 0 saturated carbocycles. The Balaban J connectivity index is 2.84. The van der Waals surface area contributed by atoms with Gasteiger partial charge in [0.05, 0.1) is 7.11 Å². The fourth-order valence-electron chi connectivity index (χ4n) is 1.26. The molecular formula is C12H17O2Si. The van der Waals surface area contributed by atoms with Gasteiger partial charge in [-0.05, 0) is 50.4 Å². The van der Waals surface area contributed by atoms with Gasteiger partial charge in [0.15, 0.2) is 0 Å². The third-order valence-corrected chi connectivity index (χ3v) is 2.58. The summed E-state index contributed by atoms with van der Waals surface area (Å²) in [5, 5.41) is 0. The number of methoxy groups -OCH3 is 1. The van der Waals surface area contributed by atoms with Crippen LogP contribution in [0.5, 0.6) is 5.75 Å². The van der Waals surface area contributed by atoms with Gasteiger partial charge in [0, 0.05) is 5.56 Å². The monoisotopic (exact) mass is 221 g/mol. The fourth-order valence-corrected chi connectivity index (χ4v) is 1.94. The van der Waals surface area contributed by atoms with Gasteiger partial charge >= 0.3 is 0 Å². The van der Waals surface area contributed by atoms with E-state index in [1.807, 2.05) is 37.3 Å². The van der Waals surface area contributed by atoms with Crippen molar-refractivity contribution in [2.45, 2.75) is 20.0 Å². The maximum absolute atomic E-state index is 5.78. The molecule has 0 aromatic heterocycles. The Morgan fingerprint density at radius 2 is 1.80 bits per heavy atom. The van der Waals surface area contributed by atoms with Crippen molar-refractivity contribution in [2.24, 2.45) is 0 Å². The lowest BCUT2D eigenvalue weighted by Crippen LogP contribution is -2.06. The third-order valence-electron chi connectivity index (χ3n) is 1.95. The molecule has 0 aliphatic carbocycles. The standard InChI is InChI=1S/C12H17O2Si/c1-5-12(14-15(3)4)10-6-8-11(13-2)9-7-10/h5-9H,1-4H3/b12-5-. The Kier molecular flexibility index (Phi) is 4.43. The first-order valence-corrected chi connectivity index (χ1v) is 7.37. The van der Waals surface area contributed by atoms with Gasteiger partial charge in [-0.25, -0.2) is 0 Å². The van der Waals surface area contributed by atoms with E-state index in [4.69, 9.17) is 9.16 Å². The van der Waals surface area contributed by atoms with E-state index in [0.29, 0.717) is 0 Å². The van der Waals surface area contributed by atoms with Crippen LogP contribution in [0.1, 0.15) is 12.5 Å². The minimum Gasteiger partial charge on any atom is -0.542 e. The summed E-state index contributed by atoms with van der Waals surface area (Å²) in [6, 6.07) is 7.91. The number of rotatable bonds is 4. The minimum absolute atomic E-state index is 0.708. The molecule has 0 aliphatic rings. The van der Waals surface area contributed by atoms with E-state index in [-0.39, 0.29) is 0 Å². The predicted molar refractivity (Wildman–Crippen MR) is 65.2 cm³/mol. The molecule has 0 N–H and O–H groups in total. The minimum atomic E-state index is -0.708. The SMILES string of the molecule is C/C=C(\O[Si](C)C)c1ccc(OC)cc1. The van der Waals surface area contributed by atoms with E-state index >= 15 is 0 Å². The van der Waals surface area contributed by atoms with Crippen LogP contribution in [0.25, 0.3) is 5.76 Å². The zero-order valence-corrected chi connectivity index (χ0v) is 10.7. The molecule has 0 amide bonds. The second-order valence-corrected chi connectivity index (χ2v) is 5.41. The van der Waals surface area contributed by atoms with E-state index < -0.39 is 9.04 Å². The first kappa shape index (κ1) is 11.8. The number of ether oxygens (including phenoxy) is 1. The molecule has 1 radical (unpaired) electrons. The van der Waals surface area contributed by atoms with Gasteiger partial charge in [-0.15, -0.1) is 0 Å². The second-order valence-electron chi connectivity index (χ2n) is 3.39. The highest BCUT2D eigenvalue weighted by molar-refractivity contribution is 6.49. The van der Waals surface area contributed by atoms with Crippen LogP contribution in [0.3, 0.4) is 0 Å². The topological polar surface area (TPSA) is 18.5 Å². The maximum Gasteiger partial charge on any atom is 0.274 e. The number of hydrogen-bond donors (Lipinski definition) is 0. The van der Waals surface area contributed by atoms with Gasteiger partial charge < -0.3 is 9.16 Å². The predicted octanol–water partition coefficient (Wildman–Crippen LogP) is 3.32. The number of hydrogen-bond acceptors (Lipinski definition) is 2. The normalized spacial score (nSPS) is 11.7. The van der Waals surface area contributed by atoms with Crippen molar-refractivity contribution < 1.29 is 9.16 Å². The van der Waals surface area contributed by atoms with Crippen LogP contribution in [0.4, 0.5) is 0 Å². The zero-order chi connectivity index (χ0) is 11.3. The second kappa shape index (κ2) is 5.61. The van der Waals surface area contributed by atoms with Gasteiger partial charge in [-0.3, -0.25) is 0 Å². The van der Waals surface area contributed by atoms with E-state index in [9.17, 15) is 0 Å². The Hall–Kier alpha value is -1.22. The molecule has 0 atom stereocenters. The molecule has 81 valence electrons. The summed E-state index contributed by atoms with van der Waals surface area (Å²) in [5.74, 6) is 1.82. The van der Waals surface area contributed by atoms with Crippen LogP contribution in [0, 0.1) is 0 Å². The average Bonchev–Trinajstić information content (AvgIpc) is 2.26. The third kappa shape index (κ3) is 3.44. The smallest absolute Gasteiger partial charge is 0.274 e. The van der Waals surface area contributed by atoms with Crippen molar-refractivity contribution in [2.75, 3.05) is 7.11 Å². The summed E-state index contributed by atoms with van der Waals surface area (Å²) in [5.41, 5.74) is 1.10.